The van der Waals surface area contributed by atoms with Crippen molar-refractivity contribution < 1.29 is 4.74 Å². The van der Waals surface area contributed by atoms with Gasteiger partial charge >= 0.3 is 0 Å². The molecule has 0 aliphatic carbocycles. The zero-order chi connectivity index (χ0) is 13.8. The largest absolute Gasteiger partial charge is 0.496 e. The Bertz CT molecular complexity index is 574. The van der Waals surface area contributed by atoms with Gasteiger partial charge in [0.25, 0.3) is 0 Å². The lowest BCUT2D eigenvalue weighted by atomic mass is 10.00. The molecule has 0 saturated carbocycles. The highest BCUT2D eigenvalue weighted by molar-refractivity contribution is 5.96. The molecular weight excluding hydrogens is 250 g/mol. The van der Waals surface area contributed by atoms with Crippen molar-refractivity contribution in [2.24, 2.45) is 5.92 Å². The van der Waals surface area contributed by atoms with E-state index in [4.69, 9.17) is 4.74 Å². The van der Waals surface area contributed by atoms with E-state index in [9.17, 15) is 0 Å². The summed E-state index contributed by atoms with van der Waals surface area (Å²) in [6.07, 6.45) is 4.39. The molecule has 3 rings (SSSR count). The SMILES string of the molecule is COc1cccc2ccnc(NCC3CCCNC3)c12. The quantitative estimate of drug-likeness (QED) is 0.897. The van der Waals surface area contributed by atoms with Crippen LogP contribution >= 0.6 is 0 Å². The average molecular weight is 271 g/mol. The van der Waals surface area contributed by atoms with Gasteiger partial charge in [-0.1, -0.05) is 12.1 Å². The van der Waals surface area contributed by atoms with Crippen LogP contribution in [0.3, 0.4) is 0 Å². The number of anilines is 1. The van der Waals surface area contributed by atoms with E-state index < -0.39 is 0 Å². The summed E-state index contributed by atoms with van der Waals surface area (Å²) in [4.78, 5) is 4.49. The molecule has 0 spiro atoms. The fourth-order valence-electron chi connectivity index (χ4n) is 2.84. The minimum Gasteiger partial charge on any atom is -0.496 e. The minimum absolute atomic E-state index is 0.676. The molecule has 1 atom stereocenters. The second-order valence-electron chi connectivity index (χ2n) is 5.31. The molecule has 1 unspecified atom stereocenters. The lowest BCUT2D eigenvalue weighted by Gasteiger charge is -2.23. The number of aromatic nitrogens is 1. The van der Waals surface area contributed by atoms with E-state index in [1.54, 1.807) is 7.11 Å². The summed E-state index contributed by atoms with van der Waals surface area (Å²) < 4.78 is 5.47. The summed E-state index contributed by atoms with van der Waals surface area (Å²) in [5.41, 5.74) is 0. The number of methoxy groups -OCH3 is 1. The molecule has 4 heteroatoms. The molecule has 1 saturated heterocycles. The van der Waals surface area contributed by atoms with Crippen LogP contribution in [0.5, 0.6) is 5.75 Å². The van der Waals surface area contributed by atoms with Crippen LogP contribution < -0.4 is 15.4 Å². The minimum atomic E-state index is 0.676. The summed E-state index contributed by atoms with van der Waals surface area (Å²) in [5.74, 6) is 2.47. The van der Waals surface area contributed by atoms with E-state index in [0.717, 1.165) is 42.0 Å². The van der Waals surface area contributed by atoms with Crippen LogP contribution in [0.1, 0.15) is 12.8 Å². The van der Waals surface area contributed by atoms with Crippen LogP contribution in [0, 0.1) is 5.92 Å². The van der Waals surface area contributed by atoms with Gasteiger partial charge in [-0.25, -0.2) is 4.98 Å². The predicted octanol–water partition coefficient (Wildman–Crippen LogP) is 2.65. The number of nitrogens with one attached hydrogen (secondary N) is 2. The normalized spacial score (nSPS) is 18.9. The maximum absolute atomic E-state index is 5.47. The topological polar surface area (TPSA) is 46.2 Å². The van der Waals surface area contributed by atoms with Crippen molar-refractivity contribution in [3.05, 3.63) is 30.5 Å². The fraction of sp³-hybridized carbons (Fsp3) is 0.438. The molecule has 1 aromatic carbocycles. The average Bonchev–Trinajstić information content (AvgIpc) is 2.53. The summed E-state index contributed by atoms with van der Waals surface area (Å²) in [6.45, 7) is 3.20. The molecule has 1 aliphatic rings. The Morgan fingerprint density at radius 1 is 1.40 bits per heavy atom. The number of fused-ring (bicyclic) bond motifs is 1. The summed E-state index contributed by atoms with van der Waals surface area (Å²) in [7, 11) is 1.70. The number of hydrogen-bond acceptors (Lipinski definition) is 4. The Morgan fingerprint density at radius 2 is 2.35 bits per heavy atom. The zero-order valence-electron chi connectivity index (χ0n) is 11.9. The van der Waals surface area contributed by atoms with Gasteiger partial charge in [0.15, 0.2) is 0 Å². The first kappa shape index (κ1) is 13.2. The highest BCUT2D eigenvalue weighted by atomic mass is 16.5. The number of nitrogens with zero attached hydrogens (tertiary/aromatic N) is 1. The first-order chi connectivity index (χ1) is 9.88. The van der Waals surface area contributed by atoms with Gasteiger partial charge in [-0.3, -0.25) is 0 Å². The molecule has 2 heterocycles. The van der Waals surface area contributed by atoms with Crippen LogP contribution in [0.15, 0.2) is 30.5 Å². The monoisotopic (exact) mass is 271 g/mol. The molecule has 106 valence electrons. The maximum atomic E-state index is 5.47. The van der Waals surface area contributed by atoms with Gasteiger partial charge < -0.3 is 15.4 Å². The smallest absolute Gasteiger partial charge is 0.137 e. The fourth-order valence-corrected chi connectivity index (χ4v) is 2.84. The Balaban J connectivity index is 1.83. The molecule has 1 aliphatic heterocycles. The van der Waals surface area contributed by atoms with Gasteiger partial charge in [0.1, 0.15) is 11.6 Å². The third-order valence-electron chi connectivity index (χ3n) is 3.93. The van der Waals surface area contributed by atoms with Gasteiger partial charge in [0.05, 0.1) is 12.5 Å². The third kappa shape index (κ3) is 2.70. The van der Waals surface area contributed by atoms with Crippen molar-refractivity contribution >= 4 is 16.6 Å². The highest BCUT2D eigenvalue weighted by Gasteiger charge is 2.14. The predicted molar refractivity (Wildman–Crippen MR) is 82.4 cm³/mol. The molecule has 2 N–H and O–H groups in total. The van der Waals surface area contributed by atoms with E-state index in [2.05, 4.69) is 21.7 Å². The Labute approximate surface area is 119 Å². The van der Waals surface area contributed by atoms with Gasteiger partial charge in [-0.05, 0) is 49.4 Å². The van der Waals surface area contributed by atoms with Gasteiger partial charge in [0, 0.05) is 12.7 Å². The molecule has 0 radical (unpaired) electrons. The summed E-state index contributed by atoms with van der Waals surface area (Å²) in [5, 5.41) is 9.17. The van der Waals surface area contributed by atoms with Crippen molar-refractivity contribution in [3.63, 3.8) is 0 Å². The van der Waals surface area contributed by atoms with Crippen molar-refractivity contribution in [1.82, 2.24) is 10.3 Å². The van der Waals surface area contributed by atoms with E-state index in [1.165, 1.54) is 12.8 Å². The van der Waals surface area contributed by atoms with Gasteiger partial charge in [-0.2, -0.15) is 0 Å². The van der Waals surface area contributed by atoms with Crippen molar-refractivity contribution in [3.8, 4) is 5.75 Å². The van der Waals surface area contributed by atoms with E-state index in [-0.39, 0.29) is 0 Å². The van der Waals surface area contributed by atoms with Gasteiger partial charge in [-0.15, -0.1) is 0 Å². The molecule has 1 aromatic heterocycles. The molecule has 2 aromatic rings. The number of benzene rings is 1. The number of pyridine rings is 1. The first-order valence-corrected chi connectivity index (χ1v) is 7.25. The number of rotatable bonds is 4. The van der Waals surface area contributed by atoms with Crippen molar-refractivity contribution in [1.29, 1.82) is 0 Å². The second kappa shape index (κ2) is 6.09. The van der Waals surface area contributed by atoms with Crippen molar-refractivity contribution in [2.45, 2.75) is 12.8 Å². The molecular formula is C16H21N3O. The number of piperidine rings is 1. The Kier molecular flexibility index (Phi) is 4.02. The Hall–Kier alpha value is -1.81. The van der Waals surface area contributed by atoms with Crippen LogP contribution in [0.2, 0.25) is 0 Å². The molecule has 1 fully saturated rings. The lowest BCUT2D eigenvalue weighted by molar-refractivity contribution is 0.392. The third-order valence-corrected chi connectivity index (χ3v) is 3.93. The van der Waals surface area contributed by atoms with Crippen molar-refractivity contribution in [2.75, 3.05) is 32.1 Å². The Morgan fingerprint density at radius 3 is 3.15 bits per heavy atom. The van der Waals surface area contributed by atoms with E-state index in [0.29, 0.717) is 5.92 Å². The van der Waals surface area contributed by atoms with E-state index >= 15 is 0 Å². The maximum Gasteiger partial charge on any atom is 0.137 e. The highest BCUT2D eigenvalue weighted by Crippen LogP contribution is 2.30. The summed E-state index contributed by atoms with van der Waals surface area (Å²) >= 11 is 0. The van der Waals surface area contributed by atoms with Crippen LogP contribution in [0.25, 0.3) is 10.8 Å². The van der Waals surface area contributed by atoms with Crippen LogP contribution in [-0.2, 0) is 0 Å². The lowest BCUT2D eigenvalue weighted by Crippen LogP contribution is -2.33. The van der Waals surface area contributed by atoms with Gasteiger partial charge in [0.2, 0.25) is 0 Å². The molecule has 0 bridgehead atoms. The zero-order valence-corrected chi connectivity index (χ0v) is 11.9. The molecule has 0 amide bonds. The van der Waals surface area contributed by atoms with Crippen LogP contribution in [0.4, 0.5) is 5.82 Å². The summed E-state index contributed by atoms with van der Waals surface area (Å²) in [6, 6.07) is 8.10. The first-order valence-electron chi connectivity index (χ1n) is 7.25. The number of ether oxygens (including phenoxy) is 1. The standard InChI is InChI=1S/C16H21N3O/c1-20-14-6-2-5-13-7-9-18-16(15(13)14)19-11-12-4-3-8-17-10-12/h2,5-7,9,12,17H,3-4,8,10-11H2,1H3,(H,18,19). The second-order valence-corrected chi connectivity index (χ2v) is 5.31. The van der Waals surface area contributed by atoms with Crippen LogP contribution in [-0.4, -0.2) is 31.7 Å². The van der Waals surface area contributed by atoms with E-state index in [1.807, 2.05) is 24.4 Å². The molecule has 4 nitrogen and oxygen atoms in total. The number of hydrogen-bond donors (Lipinski definition) is 2. The molecule has 20 heavy (non-hydrogen) atoms.